The molecule has 0 aliphatic carbocycles. The van der Waals surface area contributed by atoms with E-state index in [1.54, 1.807) is 25.1 Å². The SMILES string of the molecule is CC1=C(C(=O)OC(c2ccccc2)[N+](=O)[O-])N2C(=O)C(N)[C@@H]2SC1. The van der Waals surface area contributed by atoms with E-state index in [1.165, 1.54) is 28.8 Å². The number of nitrogens with zero attached hydrogens (tertiary/aromatic N) is 2. The molecule has 126 valence electrons. The molecule has 0 aromatic heterocycles. The molecule has 1 fully saturated rings. The normalized spacial score (nSPS) is 24.1. The maximum atomic E-state index is 12.5. The molecule has 1 amide bonds. The summed E-state index contributed by atoms with van der Waals surface area (Å²) in [6.45, 7) is 1.70. The van der Waals surface area contributed by atoms with Crippen molar-refractivity contribution in [3.63, 3.8) is 0 Å². The Morgan fingerprint density at radius 1 is 1.46 bits per heavy atom. The van der Waals surface area contributed by atoms with Crippen LogP contribution in [-0.2, 0) is 14.3 Å². The molecule has 3 rings (SSSR count). The van der Waals surface area contributed by atoms with Gasteiger partial charge in [0.05, 0.1) is 10.5 Å². The van der Waals surface area contributed by atoms with Crippen molar-refractivity contribution in [1.29, 1.82) is 0 Å². The van der Waals surface area contributed by atoms with Crippen molar-refractivity contribution in [2.45, 2.75) is 24.6 Å². The van der Waals surface area contributed by atoms with E-state index in [4.69, 9.17) is 10.5 Å². The van der Waals surface area contributed by atoms with Gasteiger partial charge >= 0.3 is 12.2 Å². The number of β-lactam (4-membered cyclic amide) rings is 1. The number of hydrogen-bond acceptors (Lipinski definition) is 7. The average molecular weight is 349 g/mol. The second kappa shape index (κ2) is 6.25. The van der Waals surface area contributed by atoms with Crippen LogP contribution in [0.1, 0.15) is 18.7 Å². The molecule has 3 atom stereocenters. The van der Waals surface area contributed by atoms with Crippen LogP contribution < -0.4 is 5.73 Å². The van der Waals surface area contributed by atoms with Crippen LogP contribution in [0.15, 0.2) is 41.6 Å². The van der Waals surface area contributed by atoms with Crippen LogP contribution in [0, 0.1) is 10.1 Å². The lowest BCUT2D eigenvalue weighted by Gasteiger charge is -2.48. The van der Waals surface area contributed by atoms with E-state index < -0.39 is 23.2 Å². The van der Waals surface area contributed by atoms with Gasteiger partial charge in [-0.3, -0.25) is 19.8 Å². The van der Waals surface area contributed by atoms with E-state index in [9.17, 15) is 19.7 Å². The van der Waals surface area contributed by atoms with Gasteiger partial charge in [0.1, 0.15) is 17.1 Å². The Balaban J connectivity index is 1.85. The Kier molecular flexibility index (Phi) is 4.29. The number of benzene rings is 1. The van der Waals surface area contributed by atoms with Gasteiger partial charge in [-0.25, -0.2) is 4.79 Å². The third-order valence-corrected chi connectivity index (χ3v) is 5.33. The van der Waals surface area contributed by atoms with Gasteiger partial charge in [0.25, 0.3) is 0 Å². The summed E-state index contributed by atoms with van der Waals surface area (Å²) in [5, 5.41) is 11.0. The molecule has 1 saturated heterocycles. The number of nitrogens with two attached hydrogens (primary N) is 1. The van der Waals surface area contributed by atoms with Crippen LogP contribution in [0.5, 0.6) is 0 Å². The third kappa shape index (κ3) is 2.65. The second-order valence-corrected chi connectivity index (χ2v) is 6.62. The van der Waals surface area contributed by atoms with Crippen LogP contribution in [0.3, 0.4) is 0 Å². The highest BCUT2D eigenvalue weighted by atomic mass is 32.2. The first-order valence-corrected chi connectivity index (χ1v) is 8.26. The zero-order chi connectivity index (χ0) is 17.4. The van der Waals surface area contributed by atoms with Crippen LogP contribution in [0.4, 0.5) is 0 Å². The zero-order valence-electron chi connectivity index (χ0n) is 12.7. The number of nitro groups is 1. The zero-order valence-corrected chi connectivity index (χ0v) is 13.6. The van der Waals surface area contributed by atoms with Gasteiger partial charge in [-0.15, -0.1) is 11.8 Å². The number of hydrogen-bond donors (Lipinski definition) is 1. The maximum Gasteiger partial charge on any atom is 0.383 e. The Bertz CT molecular complexity index is 736. The predicted octanol–water partition coefficient (Wildman–Crippen LogP) is 1.02. The number of amides is 1. The van der Waals surface area contributed by atoms with Gasteiger partial charge in [0, 0.05) is 5.75 Å². The maximum absolute atomic E-state index is 12.5. The van der Waals surface area contributed by atoms with Crippen molar-refractivity contribution in [3.8, 4) is 0 Å². The molecule has 0 radical (unpaired) electrons. The molecular formula is C15H15N3O5S. The van der Waals surface area contributed by atoms with E-state index in [1.807, 2.05) is 0 Å². The monoisotopic (exact) mass is 349 g/mol. The van der Waals surface area contributed by atoms with E-state index in [2.05, 4.69) is 0 Å². The van der Waals surface area contributed by atoms with Crippen molar-refractivity contribution >= 4 is 23.6 Å². The Labute approximate surface area is 141 Å². The standard InChI is InChI=1S/C15H15N3O5S/c1-8-7-24-14-10(16)12(19)17(14)11(8)15(20)23-13(18(21)22)9-5-3-2-4-6-9/h2-6,10,13-14H,7,16H2,1H3/t10?,13?,14-/m0/s1. The molecule has 1 aromatic carbocycles. The van der Waals surface area contributed by atoms with E-state index in [0.29, 0.717) is 11.3 Å². The molecule has 2 heterocycles. The van der Waals surface area contributed by atoms with Crippen molar-refractivity contribution in [3.05, 3.63) is 57.3 Å². The van der Waals surface area contributed by atoms with Gasteiger partial charge < -0.3 is 10.5 Å². The number of rotatable bonds is 4. The molecule has 2 aliphatic rings. The molecule has 8 nitrogen and oxygen atoms in total. The van der Waals surface area contributed by atoms with Gasteiger partial charge in [-0.1, -0.05) is 18.2 Å². The molecule has 0 spiro atoms. The Morgan fingerprint density at radius 3 is 2.75 bits per heavy atom. The molecule has 2 unspecified atom stereocenters. The minimum Gasteiger partial charge on any atom is -0.389 e. The highest BCUT2D eigenvalue weighted by Gasteiger charge is 2.52. The van der Waals surface area contributed by atoms with Gasteiger partial charge in [0.2, 0.25) is 5.91 Å². The van der Waals surface area contributed by atoms with Crippen LogP contribution in [-0.4, -0.2) is 38.9 Å². The van der Waals surface area contributed by atoms with Crippen LogP contribution in [0.2, 0.25) is 0 Å². The van der Waals surface area contributed by atoms with Gasteiger partial charge in [0.15, 0.2) is 0 Å². The first-order chi connectivity index (χ1) is 11.4. The molecule has 2 aliphatic heterocycles. The lowest BCUT2D eigenvalue weighted by atomic mass is 10.0. The average Bonchev–Trinajstić information content (AvgIpc) is 2.58. The number of ether oxygens (including phenoxy) is 1. The lowest BCUT2D eigenvalue weighted by molar-refractivity contribution is -0.575. The van der Waals surface area contributed by atoms with E-state index >= 15 is 0 Å². The lowest BCUT2D eigenvalue weighted by Crippen LogP contribution is -2.68. The number of thioether (sulfide) groups is 1. The van der Waals surface area contributed by atoms with E-state index in [-0.39, 0.29) is 22.5 Å². The summed E-state index contributed by atoms with van der Waals surface area (Å²) in [7, 11) is 0. The molecule has 2 N–H and O–H groups in total. The number of esters is 1. The molecular weight excluding hydrogens is 334 g/mol. The Morgan fingerprint density at radius 2 is 2.12 bits per heavy atom. The topological polar surface area (TPSA) is 116 Å². The predicted molar refractivity (Wildman–Crippen MR) is 86.0 cm³/mol. The van der Waals surface area contributed by atoms with Crippen LogP contribution >= 0.6 is 11.8 Å². The minimum atomic E-state index is -1.63. The smallest absolute Gasteiger partial charge is 0.383 e. The van der Waals surface area contributed by atoms with Crippen molar-refractivity contribution in [1.82, 2.24) is 4.90 Å². The van der Waals surface area contributed by atoms with Gasteiger partial charge in [-0.2, -0.15) is 0 Å². The summed E-state index contributed by atoms with van der Waals surface area (Å²) in [6.07, 6.45) is -1.63. The van der Waals surface area contributed by atoms with Gasteiger partial charge in [-0.05, 0) is 24.6 Å². The van der Waals surface area contributed by atoms with Crippen molar-refractivity contribution in [2.75, 3.05) is 5.75 Å². The fourth-order valence-electron chi connectivity index (χ4n) is 2.67. The molecule has 0 bridgehead atoms. The largest absolute Gasteiger partial charge is 0.389 e. The molecule has 24 heavy (non-hydrogen) atoms. The summed E-state index contributed by atoms with van der Waals surface area (Å²) < 4.78 is 5.10. The summed E-state index contributed by atoms with van der Waals surface area (Å²) in [6, 6.07) is 7.30. The first kappa shape index (κ1) is 16.5. The fourth-order valence-corrected chi connectivity index (χ4v) is 3.91. The molecule has 9 heteroatoms. The second-order valence-electron chi connectivity index (χ2n) is 5.52. The highest BCUT2D eigenvalue weighted by Crippen LogP contribution is 2.40. The molecule has 0 saturated carbocycles. The quantitative estimate of drug-likeness (QED) is 0.284. The third-order valence-electron chi connectivity index (χ3n) is 3.89. The van der Waals surface area contributed by atoms with Crippen molar-refractivity contribution < 1.29 is 19.2 Å². The molecule has 1 aromatic rings. The van der Waals surface area contributed by atoms with Crippen molar-refractivity contribution in [2.24, 2.45) is 5.73 Å². The summed E-state index contributed by atoms with van der Waals surface area (Å²) in [4.78, 5) is 36.3. The summed E-state index contributed by atoms with van der Waals surface area (Å²) in [5.74, 6) is -0.749. The number of fused-ring (bicyclic) bond motifs is 1. The first-order valence-electron chi connectivity index (χ1n) is 7.21. The highest BCUT2D eigenvalue weighted by molar-refractivity contribution is 8.00. The number of carbonyl (C=O) groups excluding carboxylic acids is 2. The van der Waals surface area contributed by atoms with E-state index in [0.717, 1.165) is 0 Å². The minimum absolute atomic E-state index is 0.0632. The summed E-state index contributed by atoms with van der Waals surface area (Å²) in [5.41, 5.74) is 6.68. The number of carbonyl (C=O) groups is 2. The Hall–Kier alpha value is -2.39. The summed E-state index contributed by atoms with van der Waals surface area (Å²) >= 11 is 1.46. The van der Waals surface area contributed by atoms with Crippen LogP contribution in [0.25, 0.3) is 0 Å². The fraction of sp³-hybridized carbons (Fsp3) is 0.333.